The van der Waals surface area contributed by atoms with E-state index in [-0.39, 0.29) is 0 Å². The first-order chi connectivity index (χ1) is 19.3. The number of nitrogens with zero attached hydrogens (tertiary/aromatic N) is 2. The van der Waals surface area contributed by atoms with Gasteiger partial charge in [0.2, 0.25) is 0 Å². The van der Waals surface area contributed by atoms with Gasteiger partial charge in [-0.2, -0.15) is 0 Å². The number of hydrogen-bond donors (Lipinski definition) is 0. The highest BCUT2D eigenvalue weighted by atomic mass is 15.3. The van der Waals surface area contributed by atoms with Crippen LogP contribution in [0.4, 0.5) is 0 Å². The molecule has 2 nitrogen and oxygen atoms in total. The molecule has 0 radical (unpaired) electrons. The molecule has 2 heteroatoms. The van der Waals surface area contributed by atoms with Crippen LogP contribution in [-0.2, 0) is 0 Å². The first-order valence-corrected chi connectivity index (χ1v) is 18.7. The quantitative estimate of drug-likeness (QED) is 0.0563. The topological polar surface area (TPSA) is 0 Å². The summed E-state index contributed by atoms with van der Waals surface area (Å²) in [6.45, 7) is 7.15. The van der Waals surface area contributed by atoms with Gasteiger partial charge in [-0.25, -0.2) is 0 Å². The fourth-order valence-electron chi connectivity index (χ4n) is 5.94. The highest BCUT2D eigenvalue weighted by Crippen LogP contribution is 2.16. The fourth-order valence-corrected chi connectivity index (χ4v) is 5.94. The van der Waals surface area contributed by atoms with Crippen LogP contribution in [0.5, 0.6) is 0 Å². The van der Waals surface area contributed by atoms with E-state index in [2.05, 4.69) is 54.4 Å². The van der Waals surface area contributed by atoms with Gasteiger partial charge in [-0.05, 0) is 25.7 Å². The average molecular weight is 565 g/mol. The van der Waals surface area contributed by atoms with Gasteiger partial charge in [0, 0.05) is 0 Å². The van der Waals surface area contributed by atoms with Crippen LogP contribution in [0.15, 0.2) is 12.4 Å². The minimum Gasteiger partial charge on any atom is -0.298 e. The molecule has 0 saturated heterocycles. The maximum atomic E-state index is 2.46. The van der Waals surface area contributed by atoms with E-state index in [1.807, 2.05) is 0 Å². The van der Waals surface area contributed by atoms with Gasteiger partial charge >= 0.3 is 0 Å². The Balaban J connectivity index is 3.62. The lowest BCUT2D eigenvalue weighted by Crippen LogP contribution is -2.39. The third-order valence-electron chi connectivity index (χ3n) is 9.05. The van der Waals surface area contributed by atoms with Gasteiger partial charge in [0.1, 0.15) is 12.4 Å². The highest BCUT2D eigenvalue weighted by Gasteiger charge is 2.16. The summed E-state index contributed by atoms with van der Waals surface area (Å²) >= 11 is 0. The molecule has 0 atom stereocenters. The van der Waals surface area contributed by atoms with E-state index < -0.39 is 0 Å². The summed E-state index contributed by atoms with van der Waals surface area (Å²) in [5, 5.41) is 0. The lowest BCUT2D eigenvalue weighted by molar-refractivity contribution is -0.867. The van der Waals surface area contributed by atoms with Crippen molar-refractivity contribution >= 4 is 0 Å². The molecule has 0 aromatic heterocycles. The zero-order valence-electron chi connectivity index (χ0n) is 29.3. The molecule has 240 valence electrons. The second kappa shape index (κ2) is 28.8. The molecule has 0 saturated carbocycles. The average Bonchev–Trinajstić information content (AvgIpc) is 2.92. The van der Waals surface area contributed by atoms with Gasteiger partial charge in [0.25, 0.3) is 0 Å². The Labute approximate surface area is 255 Å². The molecule has 0 aliphatic rings. The normalized spacial score (nSPS) is 12.7. The van der Waals surface area contributed by atoms with Crippen LogP contribution < -0.4 is 0 Å². The predicted molar refractivity (Wildman–Crippen MR) is 184 cm³/mol. The van der Waals surface area contributed by atoms with E-state index in [4.69, 9.17) is 0 Å². The smallest absolute Gasteiger partial charge is 0.149 e. The molecular formula is C38H80N2+2. The van der Waals surface area contributed by atoms with Crippen LogP contribution in [-0.4, -0.2) is 50.2 Å². The molecule has 0 rings (SSSR count). The Hall–Kier alpha value is -0.340. The number of rotatable bonds is 32. The van der Waals surface area contributed by atoms with E-state index in [1.165, 1.54) is 193 Å². The van der Waals surface area contributed by atoms with Gasteiger partial charge in [-0.3, -0.25) is 8.97 Å². The Morgan fingerprint density at radius 1 is 0.275 bits per heavy atom. The van der Waals surface area contributed by atoms with E-state index in [9.17, 15) is 0 Å². The molecule has 40 heavy (non-hydrogen) atoms. The molecule has 0 aliphatic heterocycles. The maximum absolute atomic E-state index is 2.46. The van der Waals surface area contributed by atoms with Crippen molar-refractivity contribution in [1.29, 1.82) is 0 Å². The molecule has 0 unspecified atom stereocenters. The Kier molecular flexibility index (Phi) is 28.5. The monoisotopic (exact) mass is 565 g/mol. The van der Waals surface area contributed by atoms with Gasteiger partial charge in [0.05, 0.1) is 41.3 Å². The molecule has 0 spiro atoms. The van der Waals surface area contributed by atoms with E-state index in [1.54, 1.807) is 0 Å². The number of hydrogen-bond acceptors (Lipinski definition) is 0. The van der Waals surface area contributed by atoms with Crippen molar-refractivity contribution in [3.05, 3.63) is 12.4 Å². The van der Waals surface area contributed by atoms with Crippen LogP contribution in [0.2, 0.25) is 0 Å². The van der Waals surface area contributed by atoms with Crippen molar-refractivity contribution in [1.82, 2.24) is 0 Å². The minimum absolute atomic E-state index is 1.03. The second-order valence-electron chi connectivity index (χ2n) is 14.5. The van der Waals surface area contributed by atoms with E-state index >= 15 is 0 Å². The molecular weight excluding hydrogens is 484 g/mol. The van der Waals surface area contributed by atoms with Crippen LogP contribution in [0.25, 0.3) is 0 Å². The zero-order chi connectivity index (χ0) is 29.6. The first-order valence-electron chi connectivity index (χ1n) is 18.7. The zero-order valence-corrected chi connectivity index (χ0v) is 29.3. The van der Waals surface area contributed by atoms with Gasteiger partial charge < -0.3 is 0 Å². The fraction of sp³-hybridized carbons (Fsp3) is 0.947. The van der Waals surface area contributed by atoms with Gasteiger partial charge in [0.15, 0.2) is 0 Å². The van der Waals surface area contributed by atoms with Crippen molar-refractivity contribution in [3.63, 3.8) is 0 Å². The number of unbranched alkanes of at least 4 members (excludes halogenated alkanes) is 26. The Morgan fingerprint density at radius 3 is 0.650 bits per heavy atom. The van der Waals surface area contributed by atoms with Crippen LogP contribution in [0, 0.1) is 0 Å². The third kappa shape index (κ3) is 30.6. The summed E-state index contributed by atoms with van der Waals surface area (Å²) < 4.78 is 2.05. The third-order valence-corrected chi connectivity index (χ3v) is 9.05. The predicted octanol–water partition coefficient (Wildman–Crippen LogP) is 12.6. The summed E-state index contributed by atoms with van der Waals surface area (Å²) in [7, 11) is 9.52. The van der Waals surface area contributed by atoms with Crippen LogP contribution in [0.3, 0.4) is 0 Å². The Morgan fingerprint density at radius 2 is 0.450 bits per heavy atom. The number of quaternary nitrogens is 2. The van der Waals surface area contributed by atoms with Crippen molar-refractivity contribution < 1.29 is 8.97 Å². The van der Waals surface area contributed by atoms with Gasteiger partial charge in [-0.15, -0.1) is 0 Å². The van der Waals surface area contributed by atoms with Crippen molar-refractivity contribution in [2.24, 2.45) is 0 Å². The summed E-state index contributed by atoms with van der Waals surface area (Å²) in [4.78, 5) is 0. The molecule has 0 aromatic rings. The molecule has 0 fully saturated rings. The standard InChI is InChI=1S/C38H80N2/c1-7-9-11-13-15-17-19-21-23-25-27-29-31-33-35-39(3,4)37-38-40(5,6)36-34-32-30-28-26-24-22-20-18-16-14-12-10-8-2/h37-38H,7-36H2,1-6H3/q+2/b38-37+. The molecule has 0 N–H and O–H groups in total. The van der Waals surface area contributed by atoms with Crippen molar-refractivity contribution in [2.75, 3.05) is 41.3 Å². The molecule has 0 aromatic carbocycles. The SMILES string of the molecule is CCCCCCCCCCCCCCCC[N+](C)(C)/C=C/[N+](C)(C)CCCCCCCCCCCCCCCC. The lowest BCUT2D eigenvalue weighted by Gasteiger charge is -2.29. The molecule has 0 heterocycles. The molecule has 0 amide bonds. The first kappa shape index (κ1) is 39.7. The second-order valence-corrected chi connectivity index (χ2v) is 14.5. The van der Waals surface area contributed by atoms with Crippen molar-refractivity contribution in [3.8, 4) is 0 Å². The van der Waals surface area contributed by atoms with Gasteiger partial charge in [-0.1, -0.05) is 168 Å². The minimum atomic E-state index is 1.03. The van der Waals surface area contributed by atoms with Crippen molar-refractivity contribution in [2.45, 2.75) is 194 Å². The molecule has 0 bridgehead atoms. The highest BCUT2D eigenvalue weighted by molar-refractivity contribution is 4.64. The Bertz CT molecular complexity index is 476. The summed E-state index contributed by atoms with van der Waals surface area (Å²) in [5.41, 5.74) is 0. The summed E-state index contributed by atoms with van der Waals surface area (Å²) in [6.07, 6.45) is 45.3. The largest absolute Gasteiger partial charge is 0.298 e. The lowest BCUT2D eigenvalue weighted by atomic mass is 10.0. The van der Waals surface area contributed by atoms with E-state index in [0.717, 1.165) is 8.97 Å². The summed E-state index contributed by atoms with van der Waals surface area (Å²) in [5.74, 6) is 0. The van der Waals surface area contributed by atoms with Crippen LogP contribution >= 0.6 is 0 Å². The summed E-state index contributed by atoms with van der Waals surface area (Å²) in [6, 6.07) is 0. The maximum Gasteiger partial charge on any atom is 0.149 e. The van der Waals surface area contributed by atoms with E-state index in [0.29, 0.717) is 0 Å². The molecule has 0 aliphatic carbocycles. The van der Waals surface area contributed by atoms with Crippen LogP contribution in [0.1, 0.15) is 194 Å².